The molecule has 0 bridgehead atoms. The first-order valence-electron chi connectivity index (χ1n) is 28.7. The Hall–Kier alpha value is -10.0. The summed E-state index contributed by atoms with van der Waals surface area (Å²) in [5, 5.41) is 13.8. The first-order valence-corrected chi connectivity index (χ1v) is 28.7. The lowest BCUT2D eigenvalue weighted by atomic mass is 9.90. The number of fused-ring (bicyclic) bond motifs is 4. The number of hydrogen-bond donors (Lipinski definition) is 0. The minimum atomic E-state index is 0. The van der Waals surface area contributed by atoms with Gasteiger partial charge in [0.15, 0.2) is 0 Å². The van der Waals surface area contributed by atoms with E-state index in [1.807, 2.05) is 97.1 Å². The van der Waals surface area contributed by atoms with Crippen LogP contribution in [0.3, 0.4) is 0 Å². The Morgan fingerprint density at radius 3 is 1.15 bits per heavy atom. The average Bonchev–Trinajstić information content (AvgIpc) is 3.71. The van der Waals surface area contributed by atoms with Crippen LogP contribution >= 0.6 is 0 Å². The van der Waals surface area contributed by atoms with Gasteiger partial charge in [0.05, 0.1) is 12.1 Å². The highest BCUT2D eigenvalue weighted by molar-refractivity contribution is 6.16. The van der Waals surface area contributed by atoms with Crippen LogP contribution < -0.4 is 9.80 Å². The van der Waals surface area contributed by atoms with E-state index in [1.165, 1.54) is 70.4 Å². The molecule has 0 spiro atoms. The van der Waals surface area contributed by atoms with Gasteiger partial charge in [-0.25, -0.2) is 4.85 Å². The highest BCUT2D eigenvalue weighted by atomic mass is 15.1. The largest absolute Gasteiger partial charge is 0.310 e. The van der Waals surface area contributed by atoms with Gasteiger partial charge in [0.2, 0.25) is 5.69 Å². The first kappa shape index (κ1) is 54.0. The highest BCUT2D eigenvalue weighted by Crippen LogP contribution is 2.43. The second-order valence-corrected chi connectivity index (χ2v) is 21.3. The number of anilines is 6. The zero-order valence-electron chi connectivity index (χ0n) is 46.8. The molecule has 0 atom stereocenters. The van der Waals surface area contributed by atoms with Crippen molar-refractivity contribution in [1.29, 1.82) is 5.26 Å². The molecule has 4 heteroatoms. The molecule has 0 aromatic heterocycles. The molecule has 0 saturated carbocycles. The van der Waals surface area contributed by atoms with Crippen molar-refractivity contribution in [2.45, 2.75) is 65.2 Å². The van der Waals surface area contributed by atoms with Crippen LogP contribution in [-0.4, -0.2) is 0 Å². The first-order chi connectivity index (χ1) is 40.4. The number of nitrogens with zero attached hydrogens (tertiary/aromatic N) is 4. The Kier molecular flexibility index (Phi) is 17.0. The third-order valence-electron chi connectivity index (χ3n) is 15.7. The van der Waals surface area contributed by atoms with Gasteiger partial charge in [-0.1, -0.05) is 211 Å². The Morgan fingerprint density at radius 2 is 0.744 bits per heavy atom. The quantitative estimate of drug-likeness (QED) is 0.0778. The molecule has 0 amide bonds. The fraction of sp³-hybridized carbons (Fsp3) is 0.128. The van der Waals surface area contributed by atoms with E-state index in [9.17, 15) is 5.26 Å². The molecule has 0 radical (unpaired) electrons. The van der Waals surface area contributed by atoms with Crippen LogP contribution in [0.5, 0.6) is 0 Å². The second-order valence-electron chi connectivity index (χ2n) is 21.3. The van der Waals surface area contributed by atoms with Crippen LogP contribution in [0.2, 0.25) is 0 Å². The highest BCUT2D eigenvalue weighted by Gasteiger charge is 2.22. The van der Waals surface area contributed by atoms with Gasteiger partial charge in [0.1, 0.15) is 6.07 Å². The Labute approximate surface area is 486 Å². The van der Waals surface area contributed by atoms with Crippen LogP contribution in [0, 0.1) is 31.8 Å². The minimum Gasteiger partial charge on any atom is -0.310 e. The van der Waals surface area contributed by atoms with E-state index in [4.69, 9.17) is 6.57 Å². The standard InChI is InChI=1S/C66H54N4.2C6H6.H2/c1-45-18-32-53(33-19-45)69(64-16-8-12-51-10-4-6-14-57(51)64)55-36-26-47(27-37-55)22-24-49-31-41-60-61(42-49)63(44-67)59-40-30-50(43-62(59)66(60)68-3)25-23-48-28-38-56(39-29-48)70(54-34-20-46(2)21-35-54)65-17-9-13-52-11-5-7-15-58(52)65;2*1-2-4-6-5-3-1;/h8-9,12-13,16-43H,4-7,10-11,14-15H2,1-2H3;2*1-6H;1H. The van der Waals surface area contributed by atoms with Crippen molar-refractivity contribution in [1.82, 2.24) is 0 Å². The topological polar surface area (TPSA) is 34.6 Å². The predicted octanol–water partition coefficient (Wildman–Crippen LogP) is 21.7. The summed E-state index contributed by atoms with van der Waals surface area (Å²) in [6.45, 7) is 12.6. The fourth-order valence-electron chi connectivity index (χ4n) is 11.5. The van der Waals surface area contributed by atoms with Gasteiger partial charge in [-0.3, -0.25) is 0 Å². The van der Waals surface area contributed by atoms with Gasteiger partial charge in [-0.2, -0.15) is 5.26 Å². The van der Waals surface area contributed by atoms with Crippen molar-refractivity contribution in [2.24, 2.45) is 0 Å². The molecule has 11 aromatic rings. The summed E-state index contributed by atoms with van der Waals surface area (Å²) < 4.78 is 0. The van der Waals surface area contributed by atoms with Crippen LogP contribution in [0.15, 0.2) is 243 Å². The smallest absolute Gasteiger partial charge is 0.202 e. The molecule has 0 aliphatic heterocycles. The van der Waals surface area contributed by atoms with E-state index in [0.717, 1.165) is 92.2 Å². The van der Waals surface area contributed by atoms with Gasteiger partial charge in [-0.15, -0.1) is 0 Å². The monoisotopic (exact) mass is 1060 g/mol. The summed E-state index contributed by atoms with van der Waals surface area (Å²) in [6.07, 6.45) is 17.8. The average molecular weight is 1060 g/mol. The number of rotatable bonds is 10. The van der Waals surface area contributed by atoms with E-state index in [0.29, 0.717) is 11.3 Å². The third-order valence-corrected chi connectivity index (χ3v) is 15.7. The zero-order valence-corrected chi connectivity index (χ0v) is 46.8. The van der Waals surface area contributed by atoms with Gasteiger partial charge >= 0.3 is 0 Å². The van der Waals surface area contributed by atoms with Crippen molar-refractivity contribution in [2.75, 3.05) is 9.80 Å². The Balaban J connectivity index is 0.000000528. The third kappa shape index (κ3) is 12.4. The lowest BCUT2D eigenvalue weighted by Gasteiger charge is -2.30. The van der Waals surface area contributed by atoms with Crippen molar-refractivity contribution in [3.05, 3.63) is 315 Å². The molecule has 82 heavy (non-hydrogen) atoms. The SMILES string of the molecule is [C-]#[N+]c1c2ccc(C=Cc3ccc(N(c4ccc(C)cc4)c4cccc5c4CCCC5)cc3)cc2c(C#N)c2ccc(C=Cc3ccc(N(c4ccc(C)cc4)c4cccc5c4CCCC5)cc3)cc12.[HH].c1ccccc1.c1ccccc1. The molecule has 2 aliphatic rings. The summed E-state index contributed by atoms with van der Waals surface area (Å²) in [6, 6.07) is 87.4. The molecule has 0 saturated heterocycles. The van der Waals surface area contributed by atoms with Gasteiger partial charge in [0.25, 0.3) is 0 Å². The molecule has 13 rings (SSSR count). The summed E-state index contributed by atoms with van der Waals surface area (Å²) in [4.78, 5) is 8.88. The second kappa shape index (κ2) is 25.9. The van der Waals surface area contributed by atoms with E-state index < -0.39 is 0 Å². The molecule has 0 heterocycles. The molecule has 0 unspecified atom stereocenters. The Bertz CT molecular complexity index is 3790. The zero-order chi connectivity index (χ0) is 56.0. The molecule has 400 valence electrons. The number of benzene rings is 11. The maximum Gasteiger partial charge on any atom is 0.202 e. The van der Waals surface area contributed by atoms with E-state index in [-0.39, 0.29) is 1.43 Å². The normalized spacial score (nSPS) is 12.5. The van der Waals surface area contributed by atoms with Crippen molar-refractivity contribution in [3.63, 3.8) is 0 Å². The maximum absolute atomic E-state index is 10.6. The minimum absolute atomic E-state index is 0. The maximum atomic E-state index is 10.6. The fourth-order valence-corrected chi connectivity index (χ4v) is 11.5. The van der Waals surface area contributed by atoms with Gasteiger partial charge < -0.3 is 9.80 Å². The van der Waals surface area contributed by atoms with Crippen molar-refractivity contribution < 1.29 is 1.43 Å². The van der Waals surface area contributed by atoms with Crippen LogP contribution in [-0.2, 0) is 25.7 Å². The molecule has 11 aromatic carbocycles. The lowest BCUT2D eigenvalue weighted by Crippen LogP contribution is -2.15. The van der Waals surface area contributed by atoms with E-state index in [2.05, 4.69) is 204 Å². The molecular weight excluding hydrogens is 993 g/mol. The molecule has 0 N–H and O–H groups in total. The summed E-state index contributed by atoms with van der Waals surface area (Å²) in [5.41, 5.74) is 20.6. The van der Waals surface area contributed by atoms with E-state index in [1.54, 1.807) is 0 Å². The van der Waals surface area contributed by atoms with Crippen LogP contribution in [0.4, 0.5) is 39.8 Å². The lowest BCUT2D eigenvalue weighted by molar-refractivity contribution is 0.686. The molecule has 0 fully saturated rings. The summed E-state index contributed by atoms with van der Waals surface area (Å²) in [7, 11) is 0. The molecule has 2 aliphatic carbocycles. The van der Waals surface area contributed by atoms with E-state index >= 15 is 0 Å². The summed E-state index contributed by atoms with van der Waals surface area (Å²) in [5.74, 6) is 0. The number of hydrogen-bond acceptors (Lipinski definition) is 3. The number of aryl methyl sites for hydroxylation is 4. The number of nitriles is 1. The van der Waals surface area contributed by atoms with Crippen LogP contribution in [0.25, 0.3) is 50.7 Å². The van der Waals surface area contributed by atoms with Gasteiger partial charge in [0, 0.05) is 35.6 Å². The van der Waals surface area contributed by atoms with Gasteiger partial charge in [-0.05, 0) is 198 Å². The van der Waals surface area contributed by atoms with Crippen molar-refractivity contribution in [3.8, 4) is 6.07 Å². The summed E-state index contributed by atoms with van der Waals surface area (Å²) >= 11 is 0. The molecule has 4 nitrogen and oxygen atoms in total. The van der Waals surface area contributed by atoms with Crippen molar-refractivity contribution >= 4 is 85.7 Å². The Morgan fingerprint density at radius 1 is 0.390 bits per heavy atom. The molecular formula is C78H68N4. The van der Waals surface area contributed by atoms with Crippen LogP contribution in [0.1, 0.15) is 88.3 Å². The predicted molar refractivity (Wildman–Crippen MR) is 350 cm³/mol.